The van der Waals surface area contributed by atoms with Gasteiger partial charge in [-0.3, -0.25) is 5.73 Å². The molecule has 2 atom stereocenters. The summed E-state index contributed by atoms with van der Waals surface area (Å²) in [5.41, 5.74) is 5.74. The van der Waals surface area contributed by atoms with Crippen LogP contribution < -0.4 is 15.2 Å². The molecule has 0 saturated carbocycles. The Morgan fingerprint density at radius 3 is 1.52 bits per heavy atom. The molecule has 0 unspecified atom stereocenters. The van der Waals surface area contributed by atoms with Crippen molar-refractivity contribution in [3.8, 4) is 11.5 Å². The van der Waals surface area contributed by atoms with E-state index < -0.39 is 5.72 Å². The summed E-state index contributed by atoms with van der Waals surface area (Å²) in [4.78, 5) is 0. The Labute approximate surface area is 146 Å². The number of hydrogen-bond acceptors (Lipinski definition) is 6. The van der Waals surface area contributed by atoms with E-state index in [1.807, 2.05) is 0 Å². The van der Waals surface area contributed by atoms with Crippen LogP contribution in [0.3, 0.4) is 0 Å². The van der Waals surface area contributed by atoms with Crippen molar-refractivity contribution in [3.63, 3.8) is 0 Å². The van der Waals surface area contributed by atoms with E-state index in [2.05, 4.69) is 0 Å². The predicted octanol–water partition coefficient (Wildman–Crippen LogP) is 1.39. The van der Waals surface area contributed by atoms with Crippen molar-refractivity contribution >= 4 is 0 Å². The van der Waals surface area contributed by atoms with E-state index in [0.717, 1.165) is 24.7 Å². The SMILES string of the molecule is NC(O)(c1ccc(OC[C@@H]2CO2)cc1)c1ccc(OC[C@@H]2CO2)cc1. The minimum atomic E-state index is -1.59. The standard InChI is InChI=1S/C19H21NO5/c20-19(21,13-1-5-15(6-2-13)22-9-17-11-24-17)14-3-7-16(8-4-14)23-10-18-12-25-18/h1-8,17-18,21H,9-12,20H2/t17-,18-/m1/s1. The molecule has 0 bridgehead atoms. The van der Waals surface area contributed by atoms with Crippen LogP contribution in [0.25, 0.3) is 0 Å². The minimum Gasteiger partial charge on any atom is -0.491 e. The summed E-state index contributed by atoms with van der Waals surface area (Å²) in [6.45, 7) is 2.60. The van der Waals surface area contributed by atoms with Crippen LogP contribution in [0.4, 0.5) is 0 Å². The van der Waals surface area contributed by atoms with Crippen LogP contribution in [0.5, 0.6) is 11.5 Å². The first-order valence-corrected chi connectivity index (χ1v) is 8.32. The third kappa shape index (κ3) is 4.11. The van der Waals surface area contributed by atoms with Gasteiger partial charge >= 0.3 is 0 Å². The maximum atomic E-state index is 10.8. The average molecular weight is 343 g/mol. The van der Waals surface area contributed by atoms with Gasteiger partial charge in [-0.25, -0.2) is 0 Å². The van der Waals surface area contributed by atoms with Crippen LogP contribution in [0, 0.1) is 0 Å². The van der Waals surface area contributed by atoms with Crippen molar-refractivity contribution in [3.05, 3.63) is 59.7 Å². The van der Waals surface area contributed by atoms with Crippen LogP contribution in [-0.4, -0.2) is 43.7 Å². The third-order valence-electron chi connectivity index (χ3n) is 4.27. The number of benzene rings is 2. The molecule has 0 aliphatic carbocycles. The zero-order valence-electron chi connectivity index (χ0n) is 13.8. The topological polar surface area (TPSA) is 89.8 Å². The van der Waals surface area contributed by atoms with Crippen LogP contribution in [0.2, 0.25) is 0 Å². The maximum absolute atomic E-state index is 10.8. The highest BCUT2D eigenvalue weighted by Crippen LogP contribution is 2.28. The lowest BCUT2D eigenvalue weighted by molar-refractivity contribution is 0.0882. The predicted molar refractivity (Wildman–Crippen MR) is 90.5 cm³/mol. The zero-order valence-corrected chi connectivity index (χ0v) is 13.8. The molecule has 2 fully saturated rings. The second-order valence-corrected chi connectivity index (χ2v) is 6.35. The van der Waals surface area contributed by atoms with E-state index in [-0.39, 0.29) is 12.2 Å². The summed E-state index contributed by atoms with van der Waals surface area (Å²) in [5.74, 6) is 1.45. The van der Waals surface area contributed by atoms with Crippen molar-refractivity contribution in [1.29, 1.82) is 0 Å². The number of ether oxygens (including phenoxy) is 4. The highest BCUT2D eigenvalue weighted by Gasteiger charge is 2.27. The number of nitrogens with two attached hydrogens (primary N) is 1. The Bertz CT molecular complexity index is 644. The van der Waals surface area contributed by atoms with E-state index >= 15 is 0 Å². The van der Waals surface area contributed by atoms with Gasteiger partial charge in [0.15, 0.2) is 5.72 Å². The molecule has 6 nitrogen and oxygen atoms in total. The van der Waals surface area contributed by atoms with Gasteiger partial charge in [0.2, 0.25) is 0 Å². The third-order valence-corrected chi connectivity index (χ3v) is 4.27. The lowest BCUT2D eigenvalue weighted by Gasteiger charge is -2.24. The zero-order chi connectivity index (χ0) is 17.3. The monoisotopic (exact) mass is 343 g/mol. The smallest absolute Gasteiger partial charge is 0.166 e. The Morgan fingerprint density at radius 2 is 1.20 bits per heavy atom. The first-order valence-electron chi connectivity index (χ1n) is 8.32. The maximum Gasteiger partial charge on any atom is 0.166 e. The molecule has 2 heterocycles. The second kappa shape index (κ2) is 6.65. The van der Waals surface area contributed by atoms with Gasteiger partial charge in [0, 0.05) is 11.1 Å². The van der Waals surface area contributed by atoms with Crippen molar-refractivity contribution in [2.75, 3.05) is 26.4 Å². The normalized spacial score (nSPS) is 21.7. The van der Waals surface area contributed by atoms with Gasteiger partial charge < -0.3 is 24.1 Å². The molecule has 2 aliphatic rings. The molecule has 2 aliphatic heterocycles. The van der Waals surface area contributed by atoms with Crippen molar-refractivity contribution in [2.45, 2.75) is 17.9 Å². The molecule has 25 heavy (non-hydrogen) atoms. The molecule has 132 valence electrons. The Hall–Kier alpha value is -2.12. The van der Waals surface area contributed by atoms with Crippen molar-refractivity contribution in [1.82, 2.24) is 0 Å². The first kappa shape index (κ1) is 16.4. The van der Waals surface area contributed by atoms with Gasteiger partial charge in [0.1, 0.15) is 36.9 Å². The van der Waals surface area contributed by atoms with Gasteiger partial charge in [0.25, 0.3) is 0 Å². The highest BCUT2D eigenvalue weighted by atomic mass is 16.6. The van der Waals surface area contributed by atoms with Crippen molar-refractivity contribution < 1.29 is 24.1 Å². The van der Waals surface area contributed by atoms with Gasteiger partial charge in [-0.1, -0.05) is 24.3 Å². The second-order valence-electron chi connectivity index (χ2n) is 6.35. The van der Waals surface area contributed by atoms with Crippen LogP contribution in [0.1, 0.15) is 11.1 Å². The van der Waals surface area contributed by atoms with E-state index in [1.165, 1.54) is 0 Å². The summed E-state index contributed by atoms with van der Waals surface area (Å²) in [6, 6.07) is 14.2. The molecular weight excluding hydrogens is 322 g/mol. The molecule has 0 spiro atoms. The molecule has 4 rings (SSSR count). The van der Waals surface area contributed by atoms with E-state index in [9.17, 15) is 5.11 Å². The summed E-state index contributed by atoms with van der Waals surface area (Å²) >= 11 is 0. The largest absolute Gasteiger partial charge is 0.491 e. The summed E-state index contributed by atoms with van der Waals surface area (Å²) in [6.07, 6.45) is 0.414. The Balaban J connectivity index is 1.41. The quantitative estimate of drug-likeness (QED) is 0.556. The Morgan fingerprint density at radius 1 is 0.840 bits per heavy atom. The van der Waals surface area contributed by atoms with Gasteiger partial charge in [-0.05, 0) is 24.3 Å². The van der Waals surface area contributed by atoms with E-state index in [1.54, 1.807) is 48.5 Å². The summed E-state index contributed by atoms with van der Waals surface area (Å²) < 4.78 is 21.4. The number of epoxide rings is 2. The Kier molecular flexibility index (Phi) is 4.35. The van der Waals surface area contributed by atoms with Crippen LogP contribution >= 0.6 is 0 Å². The molecule has 0 radical (unpaired) electrons. The highest BCUT2D eigenvalue weighted by molar-refractivity contribution is 5.39. The van der Waals surface area contributed by atoms with Gasteiger partial charge in [-0.15, -0.1) is 0 Å². The van der Waals surface area contributed by atoms with E-state index in [4.69, 9.17) is 24.7 Å². The van der Waals surface area contributed by atoms with Crippen LogP contribution in [0.15, 0.2) is 48.5 Å². The average Bonchev–Trinajstić information content (AvgIpc) is 3.54. The summed E-state index contributed by atoms with van der Waals surface area (Å²) in [7, 11) is 0. The fourth-order valence-corrected chi connectivity index (χ4v) is 2.48. The molecule has 0 amide bonds. The molecular formula is C19H21NO5. The first-order chi connectivity index (χ1) is 12.1. The van der Waals surface area contributed by atoms with Gasteiger partial charge in [-0.2, -0.15) is 0 Å². The fourth-order valence-electron chi connectivity index (χ4n) is 2.48. The van der Waals surface area contributed by atoms with Crippen LogP contribution in [-0.2, 0) is 15.2 Å². The summed E-state index contributed by atoms with van der Waals surface area (Å²) in [5, 5.41) is 10.8. The minimum absolute atomic E-state index is 0.207. The molecule has 0 aromatic heterocycles. The molecule has 6 heteroatoms. The lowest BCUT2D eigenvalue weighted by atomic mass is 9.95. The van der Waals surface area contributed by atoms with E-state index in [0.29, 0.717) is 24.3 Å². The molecule has 3 N–H and O–H groups in total. The number of rotatable bonds is 8. The molecule has 2 aromatic rings. The molecule has 2 saturated heterocycles. The van der Waals surface area contributed by atoms with Gasteiger partial charge in [0.05, 0.1) is 13.2 Å². The van der Waals surface area contributed by atoms with Crippen molar-refractivity contribution in [2.24, 2.45) is 5.73 Å². The lowest BCUT2D eigenvalue weighted by Crippen LogP contribution is -2.37. The fraction of sp³-hybridized carbons (Fsp3) is 0.368. The number of hydrogen-bond donors (Lipinski definition) is 2. The molecule has 2 aromatic carbocycles. The number of aliphatic hydroxyl groups is 1.